The van der Waals surface area contributed by atoms with E-state index >= 15 is 0 Å². The molecule has 0 aliphatic heterocycles. The van der Waals surface area contributed by atoms with Crippen molar-refractivity contribution in [1.29, 1.82) is 0 Å². The van der Waals surface area contributed by atoms with Gasteiger partial charge in [-0.25, -0.2) is 0 Å². The minimum Gasteiger partial charge on any atom is -0.394 e. The van der Waals surface area contributed by atoms with Gasteiger partial charge in [0.2, 0.25) is 0 Å². The van der Waals surface area contributed by atoms with Crippen LogP contribution in [0.3, 0.4) is 0 Å². The Labute approximate surface area is 164 Å². The van der Waals surface area contributed by atoms with Crippen LogP contribution in [0.2, 0.25) is 0 Å². The monoisotopic (exact) mass is 369 g/mol. The van der Waals surface area contributed by atoms with Crippen molar-refractivity contribution in [3.63, 3.8) is 0 Å². The van der Waals surface area contributed by atoms with Crippen LogP contribution >= 0.6 is 0 Å². The Morgan fingerprint density at radius 3 is 2.82 bits per heavy atom. The number of rotatable bonds is 4. The number of nitrogens with one attached hydrogen (secondary N) is 1. The average molecular weight is 369 g/mol. The molecule has 4 nitrogen and oxygen atoms in total. The molecule has 3 aromatic rings. The van der Waals surface area contributed by atoms with Crippen molar-refractivity contribution in [2.45, 2.75) is 19.9 Å². The summed E-state index contributed by atoms with van der Waals surface area (Å²) in [5.74, 6) is -0.301. The van der Waals surface area contributed by atoms with Gasteiger partial charge >= 0.3 is 0 Å². The number of amides is 1. The van der Waals surface area contributed by atoms with Crippen LogP contribution in [0.1, 0.15) is 13.3 Å². The van der Waals surface area contributed by atoms with E-state index in [1.807, 2.05) is 48.6 Å². The third-order valence-corrected chi connectivity index (χ3v) is 4.96. The summed E-state index contributed by atoms with van der Waals surface area (Å²) in [5.41, 5.74) is 10.2. The first-order valence-electron chi connectivity index (χ1n) is 9.50. The molecule has 0 bridgehead atoms. The van der Waals surface area contributed by atoms with Gasteiger partial charge in [-0.2, -0.15) is 0 Å². The van der Waals surface area contributed by atoms with Crippen LogP contribution < -0.4 is 11.1 Å². The van der Waals surface area contributed by atoms with Crippen molar-refractivity contribution in [2.75, 3.05) is 5.32 Å². The maximum Gasteiger partial charge on any atom is 0.271 e. The summed E-state index contributed by atoms with van der Waals surface area (Å²) in [4.78, 5) is 12.6. The summed E-state index contributed by atoms with van der Waals surface area (Å²) in [6, 6.07) is 14.3. The van der Waals surface area contributed by atoms with Crippen LogP contribution in [0.15, 0.2) is 90.2 Å². The highest BCUT2D eigenvalue weighted by atomic mass is 16.2. The number of fused-ring (bicyclic) bond motifs is 3. The number of hydrogen-bond donors (Lipinski definition) is 2. The van der Waals surface area contributed by atoms with Gasteiger partial charge in [0.25, 0.3) is 5.91 Å². The summed E-state index contributed by atoms with van der Waals surface area (Å²) in [6.45, 7) is 3.03. The first-order chi connectivity index (χ1) is 13.7. The minimum absolute atomic E-state index is 0.189. The number of carbonyl (C=O) groups is 1. The van der Waals surface area contributed by atoms with Gasteiger partial charge in [0.1, 0.15) is 0 Å². The Balaban J connectivity index is 1.64. The first kappa shape index (κ1) is 17.9. The fourth-order valence-corrected chi connectivity index (χ4v) is 3.62. The summed E-state index contributed by atoms with van der Waals surface area (Å²) in [6.07, 6.45) is 12.5. The highest BCUT2D eigenvalue weighted by molar-refractivity contribution is 6.11. The average Bonchev–Trinajstić information content (AvgIpc) is 2.83. The second-order valence-electron chi connectivity index (χ2n) is 6.77. The number of nitrogens with two attached hydrogens (primary N) is 1. The Hall–Kier alpha value is -3.53. The smallest absolute Gasteiger partial charge is 0.271 e. The van der Waals surface area contributed by atoms with E-state index in [1.165, 1.54) is 10.9 Å². The van der Waals surface area contributed by atoms with E-state index in [2.05, 4.69) is 41.1 Å². The lowest BCUT2D eigenvalue weighted by atomic mass is 10.1. The van der Waals surface area contributed by atoms with Gasteiger partial charge < -0.3 is 15.6 Å². The second-order valence-corrected chi connectivity index (χ2v) is 6.77. The fraction of sp³-hybridized carbons (Fsp3) is 0.125. The zero-order chi connectivity index (χ0) is 19.5. The molecule has 0 spiro atoms. The van der Waals surface area contributed by atoms with Crippen LogP contribution in [0, 0.1) is 0 Å². The zero-order valence-electron chi connectivity index (χ0n) is 15.9. The van der Waals surface area contributed by atoms with Crippen LogP contribution in [-0.2, 0) is 11.3 Å². The van der Waals surface area contributed by atoms with Crippen molar-refractivity contribution in [3.05, 3.63) is 90.2 Å². The maximum atomic E-state index is 12.6. The predicted molar refractivity (Wildman–Crippen MR) is 117 cm³/mol. The Kier molecular flexibility index (Phi) is 4.85. The molecule has 1 aromatic heterocycles. The molecule has 2 aromatic carbocycles. The fourth-order valence-electron chi connectivity index (χ4n) is 3.62. The number of carbonyl (C=O) groups excluding carboxylic acids is 1. The summed E-state index contributed by atoms with van der Waals surface area (Å²) >= 11 is 0. The molecular weight excluding hydrogens is 346 g/mol. The van der Waals surface area contributed by atoms with Crippen molar-refractivity contribution in [3.8, 4) is 0 Å². The molecule has 0 radical (unpaired) electrons. The van der Waals surface area contributed by atoms with E-state index in [0.717, 1.165) is 35.1 Å². The van der Waals surface area contributed by atoms with Gasteiger partial charge in [0.15, 0.2) is 0 Å². The van der Waals surface area contributed by atoms with E-state index in [-0.39, 0.29) is 11.6 Å². The molecular formula is C24H23N3O. The van der Waals surface area contributed by atoms with Gasteiger partial charge in [-0.1, -0.05) is 48.6 Å². The molecule has 0 atom stereocenters. The maximum absolute atomic E-state index is 12.6. The lowest BCUT2D eigenvalue weighted by Crippen LogP contribution is -2.20. The Morgan fingerprint density at radius 2 is 1.96 bits per heavy atom. The predicted octanol–water partition coefficient (Wildman–Crippen LogP) is 5.04. The normalized spacial score (nSPS) is 14.3. The lowest BCUT2D eigenvalue weighted by Gasteiger charge is -2.07. The third kappa shape index (κ3) is 3.37. The summed E-state index contributed by atoms with van der Waals surface area (Å²) in [7, 11) is 0. The lowest BCUT2D eigenvalue weighted by molar-refractivity contribution is -0.112. The van der Waals surface area contributed by atoms with E-state index in [0.29, 0.717) is 0 Å². The number of allylic oxidation sites excluding steroid dienone is 7. The second kappa shape index (κ2) is 7.61. The number of aryl methyl sites for hydroxylation is 1. The van der Waals surface area contributed by atoms with Crippen molar-refractivity contribution < 1.29 is 4.79 Å². The number of benzene rings is 2. The quantitative estimate of drug-likeness (QED) is 0.633. The number of anilines is 1. The standard InChI is InChI=1S/C24H23N3O/c1-2-27-22-12-8-7-11-19(22)20-16-18(13-14-23(20)27)26-24(28)21(25)15-17-9-5-3-4-6-10-17/h3-5,7-16H,2,6,25H2,1H3,(H,26,28)/b21-15-. The number of aromatic nitrogens is 1. The molecule has 1 aliphatic rings. The van der Waals surface area contributed by atoms with Gasteiger partial charge in [-0.05, 0) is 49.3 Å². The van der Waals surface area contributed by atoms with Crippen molar-refractivity contribution in [2.24, 2.45) is 5.73 Å². The van der Waals surface area contributed by atoms with Crippen LogP contribution in [0.5, 0.6) is 0 Å². The van der Waals surface area contributed by atoms with Gasteiger partial charge in [-0.3, -0.25) is 4.79 Å². The van der Waals surface area contributed by atoms with E-state index in [4.69, 9.17) is 5.73 Å². The topological polar surface area (TPSA) is 60.0 Å². The highest BCUT2D eigenvalue weighted by Gasteiger charge is 2.12. The van der Waals surface area contributed by atoms with Crippen molar-refractivity contribution in [1.82, 2.24) is 4.57 Å². The molecule has 1 heterocycles. The van der Waals surface area contributed by atoms with E-state index in [9.17, 15) is 4.79 Å². The molecule has 0 saturated heterocycles. The largest absolute Gasteiger partial charge is 0.394 e. The Bertz CT molecular complexity index is 1180. The van der Waals surface area contributed by atoms with Gasteiger partial charge in [-0.15, -0.1) is 0 Å². The Morgan fingerprint density at radius 1 is 1.14 bits per heavy atom. The van der Waals surface area contributed by atoms with Crippen LogP contribution in [-0.4, -0.2) is 10.5 Å². The van der Waals surface area contributed by atoms with Gasteiger partial charge in [0.05, 0.1) is 5.70 Å². The highest BCUT2D eigenvalue weighted by Crippen LogP contribution is 2.31. The molecule has 1 aliphatic carbocycles. The molecule has 140 valence electrons. The third-order valence-electron chi connectivity index (χ3n) is 4.96. The van der Waals surface area contributed by atoms with E-state index < -0.39 is 0 Å². The zero-order valence-corrected chi connectivity index (χ0v) is 15.9. The number of nitrogens with zero attached hydrogens (tertiary/aromatic N) is 1. The molecule has 1 amide bonds. The van der Waals surface area contributed by atoms with Crippen molar-refractivity contribution >= 4 is 33.4 Å². The van der Waals surface area contributed by atoms with Crippen LogP contribution in [0.4, 0.5) is 5.69 Å². The molecule has 0 unspecified atom stereocenters. The summed E-state index contributed by atoms with van der Waals surface area (Å²) in [5, 5.41) is 5.23. The molecule has 28 heavy (non-hydrogen) atoms. The number of para-hydroxylation sites is 1. The SMILES string of the molecule is CCn1c2ccccc2c2cc(NC(=O)/C(N)=C/C3=CCC=CC=C3)ccc21. The summed E-state index contributed by atoms with van der Waals surface area (Å²) < 4.78 is 2.28. The van der Waals surface area contributed by atoms with Crippen LogP contribution in [0.25, 0.3) is 21.8 Å². The molecule has 3 N–H and O–H groups in total. The van der Waals surface area contributed by atoms with E-state index in [1.54, 1.807) is 6.08 Å². The molecule has 0 saturated carbocycles. The van der Waals surface area contributed by atoms with Gasteiger partial charge in [0, 0.05) is 34.0 Å². The molecule has 4 heteroatoms. The first-order valence-corrected chi connectivity index (χ1v) is 9.50. The molecule has 0 fully saturated rings. The number of hydrogen-bond acceptors (Lipinski definition) is 2. The minimum atomic E-state index is -0.301. The molecule has 4 rings (SSSR count).